The summed E-state index contributed by atoms with van der Waals surface area (Å²) in [7, 11) is -3.52. The van der Waals surface area contributed by atoms with E-state index in [4.69, 9.17) is 0 Å². The van der Waals surface area contributed by atoms with E-state index in [-0.39, 0.29) is 6.04 Å². The van der Waals surface area contributed by atoms with Crippen LogP contribution in [0.5, 0.6) is 0 Å². The van der Waals surface area contributed by atoms with E-state index < -0.39 is 10.0 Å². The molecule has 2 heterocycles. The van der Waals surface area contributed by atoms with Gasteiger partial charge >= 0.3 is 0 Å². The van der Waals surface area contributed by atoms with Gasteiger partial charge in [0.05, 0.1) is 10.9 Å². The SMILES string of the molecule is Cc1ccc(S(=O)(=O)N2CCCCC2c2cc3ccccc3[nH]2)cc1C. The number of para-hydroxylation sites is 1. The van der Waals surface area contributed by atoms with Gasteiger partial charge in [0.1, 0.15) is 0 Å². The maximum atomic E-state index is 13.4. The second-order valence-corrected chi connectivity index (χ2v) is 9.08. The zero-order chi connectivity index (χ0) is 18.3. The fourth-order valence-electron chi connectivity index (χ4n) is 3.79. The average Bonchev–Trinajstić information content (AvgIpc) is 3.08. The van der Waals surface area contributed by atoms with Crippen molar-refractivity contribution in [2.75, 3.05) is 6.54 Å². The summed E-state index contributed by atoms with van der Waals surface area (Å²) in [4.78, 5) is 3.83. The van der Waals surface area contributed by atoms with Crippen molar-refractivity contribution in [1.29, 1.82) is 0 Å². The van der Waals surface area contributed by atoms with E-state index >= 15 is 0 Å². The number of aromatic nitrogens is 1. The van der Waals surface area contributed by atoms with E-state index in [0.717, 1.165) is 47.0 Å². The Morgan fingerprint density at radius 2 is 1.81 bits per heavy atom. The Morgan fingerprint density at radius 3 is 2.58 bits per heavy atom. The van der Waals surface area contributed by atoms with Crippen molar-refractivity contribution in [3.63, 3.8) is 0 Å². The van der Waals surface area contributed by atoms with Crippen molar-refractivity contribution in [3.05, 3.63) is 65.4 Å². The van der Waals surface area contributed by atoms with Crippen molar-refractivity contribution >= 4 is 20.9 Å². The maximum absolute atomic E-state index is 13.4. The topological polar surface area (TPSA) is 53.2 Å². The highest BCUT2D eigenvalue weighted by Crippen LogP contribution is 2.36. The Hall–Kier alpha value is -2.11. The van der Waals surface area contributed by atoms with E-state index in [9.17, 15) is 8.42 Å². The van der Waals surface area contributed by atoms with Crippen LogP contribution < -0.4 is 0 Å². The zero-order valence-electron chi connectivity index (χ0n) is 15.2. The first kappa shape index (κ1) is 17.3. The highest BCUT2D eigenvalue weighted by molar-refractivity contribution is 7.89. The monoisotopic (exact) mass is 368 g/mol. The highest BCUT2D eigenvalue weighted by Gasteiger charge is 2.35. The summed E-state index contributed by atoms with van der Waals surface area (Å²) in [5.41, 5.74) is 4.15. The lowest BCUT2D eigenvalue weighted by atomic mass is 10.0. The highest BCUT2D eigenvalue weighted by atomic mass is 32.2. The summed E-state index contributed by atoms with van der Waals surface area (Å²) >= 11 is 0. The van der Waals surface area contributed by atoms with Gasteiger partial charge in [-0.15, -0.1) is 0 Å². The Kier molecular flexibility index (Phi) is 4.37. The molecule has 136 valence electrons. The molecule has 1 aromatic heterocycles. The standard InChI is InChI=1S/C21H24N2O2S/c1-15-10-11-18(13-16(15)2)26(24,25)23-12-6-5-9-21(23)20-14-17-7-3-4-8-19(17)22-20/h3-4,7-8,10-11,13-14,21-22H,5-6,9,12H2,1-2H3. The Bertz CT molecular complexity index is 1020. The van der Waals surface area contributed by atoms with Crippen molar-refractivity contribution in [2.45, 2.75) is 44.0 Å². The number of H-pyrrole nitrogens is 1. The molecule has 1 unspecified atom stereocenters. The third-order valence-electron chi connectivity index (χ3n) is 5.45. The number of benzene rings is 2. The molecule has 2 aromatic carbocycles. The molecule has 0 amide bonds. The predicted molar refractivity (Wildman–Crippen MR) is 105 cm³/mol. The summed E-state index contributed by atoms with van der Waals surface area (Å²) < 4.78 is 28.4. The molecule has 1 aliphatic rings. The van der Waals surface area contributed by atoms with Gasteiger partial charge in [-0.2, -0.15) is 4.31 Å². The van der Waals surface area contributed by atoms with E-state index in [2.05, 4.69) is 17.1 Å². The number of aromatic amines is 1. The fourth-order valence-corrected chi connectivity index (χ4v) is 5.55. The molecule has 1 saturated heterocycles. The van der Waals surface area contributed by atoms with Crippen LogP contribution in [0.25, 0.3) is 10.9 Å². The summed E-state index contributed by atoms with van der Waals surface area (Å²) in [5, 5.41) is 1.12. The van der Waals surface area contributed by atoms with Crippen LogP contribution in [0.15, 0.2) is 53.4 Å². The van der Waals surface area contributed by atoms with Crippen LogP contribution in [0.3, 0.4) is 0 Å². The van der Waals surface area contributed by atoms with Crippen molar-refractivity contribution in [2.24, 2.45) is 0 Å². The molecule has 0 radical (unpaired) electrons. The van der Waals surface area contributed by atoms with Gasteiger partial charge < -0.3 is 4.98 Å². The van der Waals surface area contributed by atoms with E-state index in [1.165, 1.54) is 0 Å². The molecular weight excluding hydrogens is 344 g/mol. The van der Waals surface area contributed by atoms with E-state index in [1.54, 1.807) is 16.4 Å². The van der Waals surface area contributed by atoms with Crippen LogP contribution in [0.2, 0.25) is 0 Å². The van der Waals surface area contributed by atoms with Crippen molar-refractivity contribution < 1.29 is 8.42 Å². The number of sulfonamides is 1. The van der Waals surface area contributed by atoms with Crippen LogP contribution in [0.1, 0.15) is 42.1 Å². The molecule has 4 nitrogen and oxygen atoms in total. The smallest absolute Gasteiger partial charge is 0.243 e. The number of piperidine rings is 1. The summed E-state index contributed by atoms with van der Waals surface area (Å²) in [6.07, 6.45) is 2.79. The minimum atomic E-state index is -3.52. The third kappa shape index (κ3) is 2.95. The Balaban J connectivity index is 1.75. The van der Waals surface area contributed by atoms with Crippen LogP contribution in [-0.2, 0) is 10.0 Å². The molecule has 0 bridgehead atoms. The first-order valence-electron chi connectivity index (χ1n) is 9.13. The first-order chi connectivity index (χ1) is 12.5. The van der Waals surface area contributed by atoms with Gasteiger partial charge in [0.25, 0.3) is 0 Å². The number of hydrogen-bond donors (Lipinski definition) is 1. The molecule has 26 heavy (non-hydrogen) atoms. The minimum absolute atomic E-state index is 0.136. The van der Waals surface area contributed by atoms with Gasteiger partial charge in [-0.1, -0.05) is 30.7 Å². The average molecular weight is 369 g/mol. The quantitative estimate of drug-likeness (QED) is 0.728. The largest absolute Gasteiger partial charge is 0.357 e. The lowest BCUT2D eigenvalue weighted by molar-refractivity contribution is 0.252. The Morgan fingerprint density at radius 1 is 1.00 bits per heavy atom. The molecule has 3 aromatic rings. The van der Waals surface area contributed by atoms with Gasteiger partial charge in [0.2, 0.25) is 10.0 Å². The summed E-state index contributed by atoms with van der Waals surface area (Å²) in [6.45, 7) is 4.52. The normalized spacial score (nSPS) is 19.1. The third-order valence-corrected chi connectivity index (χ3v) is 7.35. The second kappa shape index (κ2) is 6.56. The number of nitrogens with zero attached hydrogens (tertiary/aromatic N) is 1. The van der Waals surface area contributed by atoms with Crippen LogP contribution in [0.4, 0.5) is 0 Å². The van der Waals surface area contributed by atoms with Crippen LogP contribution >= 0.6 is 0 Å². The number of aryl methyl sites for hydroxylation is 2. The zero-order valence-corrected chi connectivity index (χ0v) is 16.0. The lowest BCUT2D eigenvalue weighted by Crippen LogP contribution is -2.38. The lowest BCUT2D eigenvalue weighted by Gasteiger charge is -2.34. The first-order valence-corrected chi connectivity index (χ1v) is 10.6. The minimum Gasteiger partial charge on any atom is -0.357 e. The van der Waals surface area contributed by atoms with E-state index in [1.807, 2.05) is 38.1 Å². The Labute approximate surface area is 154 Å². The summed E-state index contributed by atoms with van der Waals surface area (Å²) in [5.74, 6) is 0. The van der Waals surface area contributed by atoms with Crippen LogP contribution in [-0.4, -0.2) is 24.3 Å². The maximum Gasteiger partial charge on any atom is 0.243 e. The van der Waals surface area contributed by atoms with Gasteiger partial charge in [-0.3, -0.25) is 0 Å². The van der Waals surface area contributed by atoms with Crippen molar-refractivity contribution in [1.82, 2.24) is 9.29 Å². The number of hydrogen-bond acceptors (Lipinski definition) is 2. The molecule has 1 N–H and O–H groups in total. The van der Waals surface area contributed by atoms with Crippen LogP contribution in [0, 0.1) is 13.8 Å². The van der Waals surface area contributed by atoms with Gasteiger partial charge in [0.15, 0.2) is 0 Å². The molecule has 1 atom stereocenters. The van der Waals surface area contributed by atoms with Gasteiger partial charge in [-0.05, 0) is 67.5 Å². The van der Waals surface area contributed by atoms with Crippen molar-refractivity contribution in [3.8, 4) is 0 Å². The molecule has 0 saturated carbocycles. The number of rotatable bonds is 3. The van der Waals surface area contributed by atoms with Gasteiger partial charge in [0, 0.05) is 17.8 Å². The fraction of sp³-hybridized carbons (Fsp3) is 0.333. The molecule has 0 spiro atoms. The second-order valence-electron chi connectivity index (χ2n) is 7.19. The van der Waals surface area contributed by atoms with Gasteiger partial charge in [-0.25, -0.2) is 8.42 Å². The molecule has 4 rings (SSSR count). The molecule has 1 fully saturated rings. The predicted octanol–water partition coefficient (Wildman–Crippen LogP) is 4.70. The number of nitrogens with one attached hydrogen (secondary N) is 1. The number of fused-ring (bicyclic) bond motifs is 1. The summed E-state index contributed by atoms with van der Waals surface area (Å²) in [6, 6.07) is 15.5. The van der Waals surface area contributed by atoms with E-state index in [0.29, 0.717) is 11.4 Å². The molecule has 5 heteroatoms. The molecule has 0 aliphatic carbocycles. The molecular formula is C21H24N2O2S. The molecule has 1 aliphatic heterocycles.